The number of rotatable bonds is 2. The van der Waals surface area contributed by atoms with Crippen molar-refractivity contribution in [2.24, 2.45) is 0 Å². The molecule has 0 aromatic heterocycles. The fourth-order valence-corrected chi connectivity index (χ4v) is 2.39. The van der Waals surface area contributed by atoms with Crippen LogP contribution in [0.2, 0.25) is 5.02 Å². The van der Waals surface area contributed by atoms with Crippen LogP contribution in [0.5, 0.6) is 5.75 Å². The lowest BCUT2D eigenvalue weighted by Gasteiger charge is -2.09. The number of amides is 1. The lowest BCUT2D eigenvalue weighted by atomic mass is 10.1. The molecule has 5 heteroatoms. The van der Waals surface area contributed by atoms with Crippen LogP contribution in [0.4, 0.5) is 5.69 Å². The lowest BCUT2D eigenvalue weighted by molar-refractivity contribution is 0.102. The third-order valence-corrected chi connectivity index (χ3v) is 3.47. The Hall–Kier alpha value is -1.52. The summed E-state index contributed by atoms with van der Waals surface area (Å²) in [7, 11) is 0. The Morgan fingerprint density at radius 2 is 2.00 bits per heavy atom. The molecule has 0 atom stereocenters. The third kappa shape index (κ3) is 3.28. The van der Waals surface area contributed by atoms with Crippen molar-refractivity contribution in [2.75, 3.05) is 5.32 Å². The second-order valence-electron chi connectivity index (χ2n) is 4.10. The molecule has 0 saturated carbocycles. The van der Waals surface area contributed by atoms with Crippen LogP contribution in [0.15, 0.2) is 40.9 Å². The Morgan fingerprint density at radius 3 is 2.68 bits per heavy atom. The largest absolute Gasteiger partial charge is 0.507 e. The van der Waals surface area contributed by atoms with Crippen LogP contribution in [-0.2, 0) is 0 Å². The Balaban J connectivity index is 2.28. The van der Waals surface area contributed by atoms with E-state index in [1.54, 1.807) is 30.3 Å². The molecule has 1 amide bonds. The van der Waals surface area contributed by atoms with E-state index in [1.165, 1.54) is 6.07 Å². The normalized spacial score (nSPS) is 10.3. The molecule has 0 radical (unpaired) electrons. The zero-order chi connectivity index (χ0) is 14.0. The lowest BCUT2D eigenvalue weighted by Crippen LogP contribution is -2.12. The Kier molecular flexibility index (Phi) is 4.12. The van der Waals surface area contributed by atoms with Gasteiger partial charge in [-0.05, 0) is 53.2 Å². The van der Waals surface area contributed by atoms with Crippen LogP contribution in [0.1, 0.15) is 15.9 Å². The number of benzene rings is 2. The number of aromatic hydroxyl groups is 1. The van der Waals surface area contributed by atoms with Gasteiger partial charge >= 0.3 is 0 Å². The van der Waals surface area contributed by atoms with Gasteiger partial charge in [-0.25, -0.2) is 0 Å². The summed E-state index contributed by atoms with van der Waals surface area (Å²) in [5.74, 6) is -0.419. The van der Waals surface area contributed by atoms with Crippen LogP contribution in [0.3, 0.4) is 0 Å². The summed E-state index contributed by atoms with van der Waals surface area (Å²) in [6, 6.07) is 9.93. The van der Waals surface area contributed by atoms with Crippen LogP contribution in [0, 0.1) is 6.92 Å². The average Bonchev–Trinajstić information content (AvgIpc) is 2.35. The molecule has 2 rings (SSSR count). The number of hydrogen-bond donors (Lipinski definition) is 2. The number of phenols is 1. The van der Waals surface area contributed by atoms with Gasteiger partial charge in [-0.3, -0.25) is 4.79 Å². The smallest absolute Gasteiger partial charge is 0.259 e. The number of carbonyl (C=O) groups excluding carboxylic acids is 1. The summed E-state index contributed by atoms with van der Waals surface area (Å²) in [6.07, 6.45) is 0. The van der Waals surface area contributed by atoms with Crippen molar-refractivity contribution in [3.8, 4) is 5.75 Å². The SMILES string of the molecule is Cc1ccc(O)c(C(=O)Nc2ccc(Cl)cc2Br)c1. The van der Waals surface area contributed by atoms with E-state index in [-0.39, 0.29) is 17.2 Å². The number of anilines is 1. The molecule has 19 heavy (non-hydrogen) atoms. The van der Waals surface area contributed by atoms with Crippen LogP contribution < -0.4 is 5.32 Å². The van der Waals surface area contributed by atoms with Gasteiger partial charge < -0.3 is 10.4 Å². The molecule has 2 aromatic carbocycles. The summed E-state index contributed by atoms with van der Waals surface area (Å²) >= 11 is 9.15. The zero-order valence-electron chi connectivity index (χ0n) is 10.1. The molecule has 0 spiro atoms. The Morgan fingerprint density at radius 1 is 1.26 bits per heavy atom. The van der Waals surface area contributed by atoms with Crippen LogP contribution in [-0.4, -0.2) is 11.0 Å². The van der Waals surface area contributed by atoms with Gasteiger partial charge in [0, 0.05) is 9.50 Å². The number of nitrogens with one attached hydrogen (secondary N) is 1. The molecule has 2 aromatic rings. The summed E-state index contributed by atoms with van der Waals surface area (Å²) < 4.78 is 0.681. The highest BCUT2D eigenvalue weighted by atomic mass is 79.9. The molecule has 0 heterocycles. The predicted molar refractivity (Wildman–Crippen MR) is 79.9 cm³/mol. The molecule has 0 unspecified atom stereocenters. The predicted octanol–water partition coefficient (Wildman–Crippen LogP) is 4.37. The molecule has 0 fully saturated rings. The fraction of sp³-hybridized carbons (Fsp3) is 0.0714. The van der Waals surface area contributed by atoms with Gasteiger partial charge in [0.1, 0.15) is 5.75 Å². The van der Waals surface area contributed by atoms with Crippen molar-refractivity contribution in [1.29, 1.82) is 0 Å². The van der Waals surface area contributed by atoms with Crippen molar-refractivity contribution in [3.63, 3.8) is 0 Å². The summed E-state index contributed by atoms with van der Waals surface area (Å²) in [4.78, 5) is 12.1. The van der Waals surface area contributed by atoms with Gasteiger partial charge in [0.25, 0.3) is 5.91 Å². The van der Waals surface area contributed by atoms with E-state index < -0.39 is 0 Å². The Bertz CT molecular complexity index is 643. The second kappa shape index (κ2) is 5.63. The van der Waals surface area contributed by atoms with E-state index in [9.17, 15) is 9.90 Å². The first kappa shape index (κ1) is 13.9. The van der Waals surface area contributed by atoms with Crippen molar-refractivity contribution < 1.29 is 9.90 Å². The van der Waals surface area contributed by atoms with Crippen molar-refractivity contribution in [2.45, 2.75) is 6.92 Å². The minimum Gasteiger partial charge on any atom is -0.507 e. The molecule has 98 valence electrons. The highest BCUT2D eigenvalue weighted by molar-refractivity contribution is 9.10. The molecule has 0 bridgehead atoms. The summed E-state index contributed by atoms with van der Waals surface area (Å²) in [5, 5.41) is 13.0. The number of halogens is 2. The molecule has 3 nitrogen and oxygen atoms in total. The molecule has 0 aliphatic heterocycles. The van der Waals surface area contributed by atoms with Crippen molar-refractivity contribution in [1.82, 2.24) is 0 Å². The highest BCUT2D eigenvalue weighted by Crippen LogP contribution is 2.27. The standard InChI is InChI=1S/C14H11BrClNO2/c1-8-2-5-13(18)10(6-8)14(19)17-12-4-3-9(16)7-11(12)15/h2-7,18H,1H3,(H,17,19). The minimum atomic E-state index is -0.371. The van der Waals surface area contributed by atoms with Crippen molar-refractivity contribution >= 4 is 39.1 Å². The van der Waals surface area contributed by atoms with Gasteiger partial charge in [-0.2, -0.15) is 0 Å². The molecule has 0 aliphatic rings. The molecule has 0 aliphatic carbocycles. The number of aryl methyl sites for hydroxylation is 1. The maximum atomic E-state index is 12.1. The first-order valence-corrected chi connectivity index (χ1v) is 6.70. The number of carbonyl (C=O) groups is 1. The number of phenolic OH excluding ortho intramolecular Hbond substituents is 1. The van der Waals surface area contributed by atoms with E-state index in [4.69, 9.17) is 11.6 Å². The maximum absolute atomic E-state index is 12.1. The first-order valence-electron chi connectivity index (χ1n) is 5.53. The fourth-order valence-electron chi connectivity index (χ4n) is 1.61. The van der Waals surface area contributed by atoms with E-state index in [0.29, 0.717) is 15.2 Å². The van der Waals surface area contributed by atoms with Crippen LogP contribution >= 0.6 is 27.5 Å². The van der Waals surface area contributed by atoms with Crippen molar-refractivity contribution in [3.05, 3.63) is 57.0 Å². The maximum Gasteiger partial charge on any atom is 0.259 e. The minimum absolute atomic E-state index is 0.0480. The molecular formula is C14H11BrClNO2. The van der Waals surface area contributed by atoms with Gasteiger partial charge in [0.15, 0.2) is 0 Å². The van der Waals surface area contributed by atoms with Gasteiger partial charge in [-0.1, -0.05) is 23.2 Å². The van der Waals surface area contributed by atoms with E-state index in [0.717, 1.165) is 5.56 Å². The molecule has 2 N–H and O–H groups in total. The van der Waals surface area contributed by atoms with E-state index in [2.05, 4.69) is 21.2 Å². The third-order valence-electron chi connectivity index (χ3n) is 2.58. The van der Waals surface area contributed by atoms with Crippen LogP contribution in [0.25, 0.3) is 0 Å². The second-order valence-corrected chi connectivity index (χ2v) is 5.39. The zero-order valence-corrected chi connectivity index (χ0v) is 12.4. The number of hydrogen-bond acceptors (Lipinski definition) is 2. The van der Waals surface area contributed by atoms with E-state index in [1.807, 2.05) is 6.92 Å². The molecular weight excluding hydrogens is 330 g/mol. The Labute approximate surface area is 124 Å². The highest BCUT2D eigenvalue weighted by Gasteiger charge is 2.12. The van der Waals surface area contributed by atoms with Gasteiger partial charge in [-0.15, -0.1) is 0 Å². The van der Waals surface area contributed by atoms with Gasteiger partial charge in [0.2, 0.25) is 0 Å². The first-order chi connectivity index (χ1) is 8.97. The average molecular weight is 341 g/mol. The molecule has 0 saturated heterocycles. The van der Waals surface area contributed by atoms with Gasteiger partial charge in [0.05, 0.1) is 11.3 Å². The van der Waals surface area contributed by atoms with E-state index >= 15 is 0 Å². The monoisotopic (exact) mass is 339 g/mol. The summed E-state index contributed by atoms with van der Waals surface area (Å²) in [5.41, 5.74) is 1.73. The topological polar surface area (TPSA) is 49.3 Å². The summed E-state index contributed by atoms with van der Waals surface area (Å²) in [6.45, 7) is 1.86. The quantitative estimate of drug-likeness (QED) is 0.853.